The SMILES string of the molecule is CCOC(=O)[C@H]1O[C@@H](O[C@H]2CC[C@]3(C)[C@H]4C(=O)C=C5[C@@H]6C[C@@](C)(C(=O)O)CC[C@]6(C)CC[C@@]5(C)[C@]4(C)CC[C@H]3C2(C)C)[C@H](O[C@@H]2O[C@H](C(=O)O)[C@@H](O)[C@H](O)[C@H]2O)[C@@H](O)[C@@H]1O. The summed E-state index contributed by atoms with van der Waals surface area (Å²) in [6, 6.07) is 0. The van der Waals surface area contributed by atoms with Crippen LogP contribution in [0.2, 0.25) is 0 Å². The molecule has 0 amide bonds. The van der Waals surface area contributed by atoms with Crippen molar-refractivity contribution >= 4 is 23.7 Å². The summed E-state index contributed by atoms with van der Waals surface area (Å²) in [5.74, 6) is -3.76. The highest BCUT2D eigenvalue weighted by Crippen LogP contribution is 2.75. The number of aliphatic hydroxyl groups excluding tert-OH is 5. The van der Waals surface area contributed by atoms with Gasteiger partial charge in [-0.05, 0) is 117 Å². The van der Waals surface area contributed by atoms with E-state index in [2.05, 4.69) is 41.5 Å². The van der Waals surface area contributed by atoms with Gasteiger partial charge in [0.25, 0.3) is 0 Å². The number of fused-ring (bicyclic) bond motifs is 7. The number of carboxylic acids is 2. The van der Waals surface area contributed by atoms with E-state index in [0.29, 0.717) is 25.7 Å². The van der Waals surface area contributed by atoms with Crippen LogP contribution in [0.5, 0.6) is 0 Å². The molecule has 0 unspecified atom stereocenters. The molecule has 0 aromatic heterocycles. The number of carbonyl (C=O) groups excluding carboxylic acids is 2. The molecule has 16 nitrogen and oxygen atoms in total. The standard InChI is InChI=1S/C44H66O16/c1-9-56-35(53)31-27(48)28(49)32(60-36-29(50)25(46)26(47)30(58-36)34(51)52)37(59-31)57-24-11-12-42(6)23(39(24,2)3)10-13-44(8)33(42)22(45)18-20-21-19-41(5,38(54)55)15-14-40(21,4)16-17-43(20,44)7/h18,21,23-33,36-37,46-50H,9-17,19H2,1-8H3,(H,51,52)(H,54,55)/t21-,23-,24-,25-,26-,27-,28-,29+,30-,31-,32+,33+,36-,37+,40+,41-,42-,43+,44+/m0/s1. The lowest BCUT2D eigenvalue weighted by Gasteiger charge is -2.70. The van der Waals surface area contributed by atoms with Crippen molar-refractivity contribution in [3.63, 3.8) is 0 Å². The molecule has 19 atom stereocenters. The van der Waals surface area contributed by atoms with Crippen LogP contribution >= 0.6 is 0 Å². The minimum Gasteiger partial charge on any atom is -0.481 e. The minimum atomic E-state index is -2.02. The third-order valence-corrected chi connectivity index (χ3v) is 17.5. The Labute approximate surface area is 350 Å². The summed E-state index contributed by atoms with van der Waals surface area (Å²) >= 11 is 0. The highest BCUT2D eigenvalue weighted by atomic mass is 16.8. The van der Waals surface area contributed by atoms with E-state index in [4.69, 9.17) is 23.7 Å². The van der Waals surface area contributed by atoms with Crippen LogP contribution in [0.25, 0.3) is 0 Å². The Kier molecular flexibility index (Phi) is 11.6. The van der Waals surface area contributed by atoms with E-state index in [-0.39, 0.29) is 41.0 Å². The quantitative estimate of drug-likeness (QED) is 0.137. The minimum absolute atomic E-state index is 0.0136. The second kappa shape index (κ2) is 15.3. The van der Waals surface area contributed by atoms with Crippen LogP contribution in [0.3, 0.4) is 0 Å². The predicted octanol–water partition coefficient (Wildman–Crippen LogP) is 2.72. The molecule has 2 saturated heterocycles. The molecule has 60 heavy (non-hydrogen) atoms. The average Bonchev–Trinajstić information content (AvgIpc) is 3.16. The number of hydrogen-bond donors (Lipinski definition) is 7. The van der Waals surface area contributed by atoms with Gasteiger partial charge in [-0.25, -0.2) is 9.59 Å². The van der Waals surface area contributed by atoms with Crippen LogP contribution in [0.15, 0.2) is 11.6 Å². The third kappa shape index (κ3) is 6.72. The fraction of sp³-hybridized carbons (Fsp3) is 0.864. The van der Waals surface area contributed by atoms with Gasteiger partial charge in [-0.3, -0.25) is 9.59 Å². The molecule has 0 aromatic carbocycles. The van der Waals surface area contributed by atoms with E-state index < -0.39 is 107 Å². The number of ether oxygens (including phenoxy) is 5. The van der Waals surface area contributed by atoms with Gasteiger partial charge in [0.15, 0.2) is 30.6 Å². The summed E-state index contributed by atoms with van der Waals surface area (Å²) in [6.07, 6.45) is -11.3. The zero-order chi connectivity index (χ0) is 44.3. The van der Waals surface area contributed by atoms with Crippen LogP contribution in [-0.2, 0) is 42.9 Å². The second-order valence-electron chi connectivity index (χ2n) is 21.0. The van der Waals surface area contributed by atoms with Crippen molar-refractivity contribution in [2.24, 2.45) is 50.2 Å². The summed E-state index contributed by atoms with van der Waals surface area (Å²) in [5.41, 5.74) is -1.72. The number of carbonyl (C=O) groups is 4. The van der Waals surface area contributed by atoms with E-state index in [9.17, 15) is 54.9 Å². The van der Waals surface area contributed by atoms with Crippen LogP contribution in [0.1, 0.15) is 113 Å². The Hall–Kier alpha value is -2.54. The van der Waals surface area contributed by atoms with Crippen molar-refractivity contribution < 1.29 is 78.6 Å². The Bertz CT molecular complexity index is 1770. The summed E-state index contributed by atoms with van der Waals surface area (Å²) in [6.45, 7) is 16.5. The van der Waals surface area contributed by atoms with Crippen molar-refractivity contribution in [2.75, 3.05) is 6.61 Å². The fourth-order valence-corrected chi connectivity index (χ4v) is 13.6. The first-order valence-electron chi connectivity index (χ1n) is 21.7. The maximum absolute atomic E-state index is 14.9. The molecule has 0 radical (unpaired) electrons. The van der Waals surface area contributed by atoms with Gasteiger partial charge >= 0.3 is 17.9 Å². The van der Waals surface area contributed by atoms with E-state index >= 15 is 0 Å². The average molecular weight is 851 g/mol. The monoisotopic (exact) mass is 850 g/mol. The summed E-state index contributed by atoms with van der Waals surface area (Å²) < 4.78 is 29.1. The van der Waals surface area contributed by atoms with Gasteiger partial charge in [-0.15, -0.1) is 0 Å². The number of rotatable bonds is 8. The number of aliphatic hydroxyl groups is 5. The topological polar surface area (TPSA) is 256 Å². The Morgan fingerprint density at radius 1 is 0.750 bits per heavy atom. The largest absolute Gasteiger partial charge is 0.481 e. The van der Waals surface area contributed by atoms with Gasteiger partial charge in [-0.1, -0.05) is 47.1 Å². The van der Waals surface area contributed by atoms with E-state index in [1.54, 1.807) is 6.92 Å². The summed E-state index contributed by atoms with van der Waals surface area (Å²) in [4.78, 5) is 52.3. The number of carboxylic acid groups (broad SMARTS) is 2. The molecule has 7 N–H and O–H groups in total. The molecule has 0 spiro atoms. The zero-order valence-electron chi connectivity index (χ0n) is 36.0. The normalized spacial score (nSPS) is 51.1. The third-order valence-electron chi connectivity index (χ3n) is 17.5. The van der Waals surface area contributed by atoms with Crippen molar-refractivity contribution in [1.82, 2.24) is 0 Å². The fourth-order valence-electron chi connectivity index (χ4n) is 13.6. The maximum Gasteiger partial charge on any atom is 0.338 e. The van der Waals surface area contributed by atoms with E-state index in [1.807, 2.05) is 13.0 Å². The van der Waals surface area contributed by atoms with Crippen molar-refractivity contribution in [2.45, 2.75) is 181 Å². The van der Waals surface area contributed by atoms with E-state index in [0.717, 1.165) is 37.7 Å². The van der Waals surface area contributed by atoms with Crippen LogP contribution in [-0.4, -0.2) is 134 Å². The lowest BCUT2D eigenvalue weighted by molar-refractivity contribution is -0.371. The molecule has 338 valence electrons. The molecule has 2 aliphatic heterocycles. The molecular formula is C44H66O16. The molecule has 2 heterocycles. The molecule has 7 aliphatic rings. The van der Waals surface area contributed by atoms with Gasteiger partial charge in [0, 0.05) is 5.92 Å². The molecular weight excluding hydrogens is 784 g/mol. The molecule has 4 saturated carbocycles. The zero-order valence-corrected chi connectivity index (χ0v) is 36.0. The molecule has 0 aromatic rings. The number of aliphatic carboxylic acids is 2. The first-order valence-corrected chi connectivity index (χ1v) is 21.7. The number of allylic oxidation sites excluding steroid dienone is 2. The van der Waals surface area contributed by atoms with Crippen LogP contribution in [0, 0.1) is 50.2 Å². The Balaban J connectivity index is 1.18. The van der Waals surface area contributed by atoms with Gasteiger partial charge in [-0.2, -0.15) is 0 Å². The first-order chi connectivity index (χ1) is 27.8. The van der Waals surface area contributed by atoms with Gasteiger partial charge in [0.2, 0.25) is 0 Å². The van der Waals surface area contributed by atoms with Gasteiger partial charge < -0.3 is 59.4 Å². The Morgan fingerprint density at radius 2 is 1.38 bits per heavy atom. The van der Waals surface area contributed by atoms with Crippen LogP contribution in [0.4, 0.5) is 0 Å². The van der Waals surface area contributed by atoms with Crippen molar-refractivity contribution in [1.29, 1.82) is 0 Å². The van der Waals surface area contributed by atoms with Crippen molar-refractivity contribution in [3.05, 3.63) is 11.6 Å². The summed E-state index contributed by atoms with van der Waals surface area (Å²) in [5, 5.41) is 74.0. The van der Waals surface area contributed by atoms with Crippen molar-refractivity contribution in [3.8, 4) is 0 Å². The molecule has 6 fully saturated rings. The first kappa shape index (κ1) is 45.5. The van der Waals surface area contributed by atoms with Crippen LogP contribution < -0.4 is 0 Å². The Morgan fingerprint density at radius 3 is 2.02 bits per heavy atom. The molecule has 0 bridgehead atoms. The lowest BCUT2D eigenvalue weighted by Crippen LogP contribution is -2.68. The second-order valence-corrected chi connectivity index (χ2v) is 21.0. The lowest BCUT2D eigenvalue weighted by atomic mass is 9.33. The number of ketones is 1. The smallest absolute Gasteiger partial charge is 0.338 e. The van der Waals surface area contributed by atoms with Gasteiger partial charge in [0.1, 0.15) is 36.6 Å². The maximum atomic E-state index is 14.9. The highest BCUT2D eigenvalue weighted by molar-refractivity contribution is 5.95. The highest BCUT2D eigenvalue weighted by Gasteiger charge is 2.71. The predicted molar refractivity (Wildman–Crippen MR) is 208 cm³/mol. The molecule has 5 aliphatic carbocycles. The molecule has 16 heteroatoms. The number of hydrogen-bond acceptors (Lipinski definition) is 14. The number of esters is 1. The molecule has 7 rings (SSSR count). The van der Waals surface area contributed by atoms with Gasteiger partial charge in [0.05, 0.1) is 18.1 Å². The summed E-state index contributed by atoms with van der Waals surface area (Å²) in [7, 11) is 0. The van der Waals surface area contributed by atoms with E-state index in [1.165, 1.54) is 0 Å².